The van der Waals surface area contributed by atoms with Crippen LogP contribution in [0.5, 0.6) is 23.1 Å². The average Bonchev–Trinajstić information content (AvgIpc) is 3.77. The number of ether oxygens (including phenoxy) is 5. The smallest absolute Gasteiger partial charge is 0.345 e. The number of morpholine rings is 1. The molecule has 5 aliphatic heterocycles. The molecule has 6 aromatic rings. The van der Waals surface area contributed by atoms with Crippen molar-refractivity contribution in [1.29, 1.82) is 0 Å². The number of benzene rings is 3. The number of aliphatic carboxylic acids is 1. The number of rotatable bonds is 9. The van der Waals surface area contributed by atoms with Gasteiger partial charge in [-0.15, -0.1) is 11.3 Å². The van der Waals surface area contributed by atoms with Crippen LogP contribution in [-0.2, 0) is 22.6 Å². The molecule has 71 heavy (non-hydrogen) atoms. The minimum Gasteiger partial charge on any atom is -0.490 e. The van der Waals surface area contributed by atoms with E-state index in [4.69, 9.17) is 51.9 Å². The zero-order valence-corrected chi connectivity index (χ0v) is 42.6. The molecule has 0 saturated carbocycles. The predicted molar refractivity (Wildman–Crippen MR) is 272 cm³/mol. The van der Waals surface area contributed by atoms with Gasteiger partial charge in [0.25, 0.3) is 0 Å². The highest BCUT2D eigenvalue weighted by Gasteiger charge is 2.37. The number of carboxylic acids is 1. The molecule has 8 heterocycles. The fourth-order valence-corrected chi connectivity index (χ4v) is 11.8. The molecular weight excluding hydrogens is 971 g/mol. The molecule has 2 atom stereocenters. The van der Waals surface area contributed by atoms with E-state index in [-0.39, 0.29) is 31.1 Å². The van der Waals surface area contributed by atoms with E-state index >= 15 is 0 Å². The van der Waals surface area contributed by atoms with Crippen LogP contribution in [0, 0.1) is 19.7 Å². The van der Waals surface area contributed by atoms with E-state index in [1.54, 1.807) is 36.5 Å². The summed E-state index contributed by atoms with van der Waals surface area (Å²) >= 11 is 16.0. The second-order valence-corrected chi connectivity index (χ2v) is 20.8. The summed E-state index contributed by atoms with van der Waals surface area (Å²) in [5, 5.41) is 12.0. The summed E-state index contributed by atoms with van der Waals surface area (Å²) in [6, 6.07) is 13.3. The number of piperidine rings is 1. The predicted octanol–water partition coefficient (Wildman–Crippen LogP) is 8.61. The third-order valence-corrected chi connectivity index (χ3v) is 16.4. The lowest BCUT2D eigenvalue weighted by Gasteiger charge is -2.48. The van der Waals surface area contributed by atoms with Gasteiger partial charge in [0.2, 0.25) is 17.9 Å². The van der Waals surface area contributed by atoms with Crippen molar-refractivity contribution in [2.45, 2.75) is 64.4 Å². The Morgan fingerprint density at radius 1 is 0.915 bits per heavy atom. The lowest BCUT2D eigenvalue weighted by molar-refractivity contribution is -0.145. The Labute approximate surface area is 426 Å². The van der Waals surface area contributed by atoms with Crippen LogP contribution in [0.4, 0.5) is 10.3 Å². The third-order valence-electron chi connectivity index (χ3n) is 14.3. The van der Waals surface area contributed by atoms with Crippen LogP contribution >= 0.6 is 34.5 Å². The molecule has 11 rings (SSSR count). The number of hydrogen-bond acceptors (Lipinski definition) is 15. The summed E-state index contributed by atoms with van der Waals surface area (Å²) in [7, 11) is 2.11. The van der Waals surface area contributed by atoms with E-state index in [1.165, 1.54) is 29.8 Å². The summed E-state index contributed by atoms with van der Waals surface area (Å²) < 4.78 is 46.5. The Balaban J connectivity index is 1.01. The number of likely N-dealkylation sites (N-methyl/N-ethyl adjacent to an activating group) is 1. The summed E-state index contributed by atoms with van der Waals surface area (Å²) in [5.41, 5.74) is 4.60. The van der Waals surface area contributed by atoms with Crippen molar-refractivity contribution in [3.8, 4) is 44.7 Å². The van der Waals surface area contributed by atoms with E-state index in [9.17, 15) is 14.3 Å². The normalized spacial score (nSPS) is 20.2. The van der Waals surface area contributed by atoms with Gasteiger partial charge in [-0.3, -0.25) is 9.80 Å². The highest BCUT2D eigenvalue weighted by atomic mass is 35.5. The van der Waals surface area contributed by atoms with E-state index in [2.05, 4.69) is 48.5 Å². The van der Waals surface area contributed by atoms with E-state index < -0.39 is 24.0 Å². The molecular formula is C52H57Cl2FN8O7S. The van der Waals surface area contributed by atoms with Gasteiger partial charge in [-0.05, 0) is 99.3 Å². The molecule has 1 N–H and O–H groups in total. The number of carbonyl (C=O) groups is 1. The molecule has 5 aliphatic rings. The number of fused-ring (bicyclic) bond motifs is 7. The quantitative estimate of drug-likeness (QED) is 0.147. The van der Waals surface area contributed by atoms with Crippen molar-refractivity contribution in [3.63, 3.8) is 0 Å². The molecule has 3 aromatic heterocycles. The molecule has 19 heteroatoms. The van der Waals surface area contributed by atoms with Gasteiger partial charge in [-0.25, -0.2) is 29.1 Å². The minimum atomic E-state index is -1.46. The Bertz CT molecular complexity index is 2880. The maximum Gasteiger partial charge on any atom is 0.345 e. The molecule has 3 fully saturated rings. The number of nitrogens with zero attached hydrogens (tertiary/aromatic N) is 8. The van der Waals surface area contributed by atoms with E-state index in [0.717, 1.165) is 78.4 Å². The number of halogens is 3. The number of carboxylic acid groups (broad SMARTS) is 1. The fraction of sp³-hybridized carbons (Fsp3) is 0.442. The molecule has 374 valence electrons. The van der Waals surface area contributed by atoms with Gasteiger partial charge < -0.3 is 38.6 Å². The number of anilines is 1. The number of hydrogen-bond donors (Lipinski definition) is 1. The first-order chi connectivity index (χ1) is 34.3. The highest BCUT2D eigenvalue weighted by molar-refractivity contribution is 7.22. The van der Waals surface area contributed by atoms with Crippen molar-refractivity contribution in [3.05, 3.63) is 99.3 Å². The first-order valence-electron chi connectivity index (χ1n) is 24.1. The van der Waals surface area contributed by atoms with Crippen molar-refractivity contribution in [1.82, 2.24) is 34.6 Å². The largest absolute Gasteiger partial charge is 0.490 e. The minimum absolute atomic E-state index is 0.0382. The molecule has 0 spiro atoms. The highest BCUT2D eigenvalue weighted by Crippen LogP contribution is 2.53. The monoisotopic (exact) mass is 1030 g/mol. The van der Waals surface area contributed by atoms with Crippen LogP contribution in [0.2, 0.25) is 10.0 Å². The number of piperazine rings is 1. The van der Waals surface area contributed by atoms with Gasteiger partial charge in [0.1, 0.15) is 47.8 Å². The summed E-state index contributed by atoms with van der Waals surface area (Å²) in [6.45, 7) is 15.4. The summed E-state index contributed by atoms with van der Waals surface area (Å²) in [6.07, 6.45) is 2.95. The van der Waals surface area contributed by atoms with Gasteiger partial charge in [0.15, 0.2) is 5.75 Å². The molecule has 3 saturated heterocycles. The average molecular weight is 1030 g/mol. The SMILES string of the molecule is Cc1c(Cl)c2c(Cl)c(C)c1-c1c(-c3ccc(F)cc3)sc3ncnc(c13)O[C@@H](C(=O)O)Cc1cc(ccc1OCc1ccnc(N3CCC(C)(N4CCOCC4)CC3)n1)OC[C@@H](CN1CCN(C)CC1)O2. The van der Waals surface area contributed by atoms with Crippen LogP contribution in [-0.4, -0.2) is 149 Å². The first-order valence-corrected chi connectivity index (χ1v) is 25.7. The van der Waals surface area contributed by atoms with Gasteiger partial charge in [-0.2, -0.15) is 0 Å². The standard InChI is InChI=1S/C52H57Cl2FN8O7S/c1-31-41-32(2)45(54)46(44(31)53)69-38(27-61-19-17-60(4)18-20-61)29-67-37-9-10-39(68-28-36-11-14-56-51(59-36)62-15-12-52(3,13-16-62)63-21-23-66-24-22-63)34(25-37)26-40(50(64)65)70-48-43-42(41)47(71-49(43)58-30-57-48)33-5-7-35(55)8-6-33/h5-11,14,25,30,38,40H,12-13,15-24,26-29H2,1-4H3,(H,64,65)/t38-,40-/m1/s1. The molecule has 15 nitrogen and oxygen atoms in total. The van der Waals surface area contributed by atoms with Crippen molar-refractivity contribution in [2.75, 3.05) is 90.7 Å². The summed E-state index contributed by atoms with van der Waals surface area (Å²) in [5.74, 6) is 0.291. The van der Waals surface area contributed by atoms with Crippen LogP contribution in [0.1, 0.15) is 42.1 Å². The topological polar surface area (TPSA) is 148 Å². The summed E-state index contributed by atoms with van der Waals surface area (Å²) in [4.78, 5) is 42.9. The second-order valence-electron chi connectivity index (χ2n) is 19.0. The van der Waals surface area contributed by atoms with Gasteiger partial charge in [0, 0.05) is 93.1 Å². The first kappa shape index (κ1) is 49.2. The fourth-order valence-electron chi connectivity index (χ4n) is 10.1. The second kappa shape index (κ2) is 21.0. The molecule has 3 aromatic carbocycles. The van der Waals surface area contributed by atoms with Gasteiger partial charge >= 0.3 is 5.97 Å². The van der Waals surface area contributed by atoms with Crippen molar-refractivity contribution < 1.29 is 38.0 Å². The van der Waals surface area contributed by atoms with Crippen LogP contribution in [0.25, 0.3) is 31.8 Å². The molecule has 0 aliphatic carbocycles. The Kier molecular flexibility index (Phi) is 14.5. The van der Waals surface area contributed by atoms with Crippen LogP contribution < -0.4 is 23.8 Å². The lowest BCUT2D eigenvalue weighted by Crippen LogP contribution is -2.57. The maximum atomic E-state index is 14.4. The van der Waals surface area contributed by atoms with Gasteiger partial charge in [0.05, 0.1) is 34.3 Å². The lowest BCUT2D eigenvalue weighted by atomic mass is 9.87. The number of thiophene rings is 1. The Morgan fingerprint density at radius 3 is 2.37 bits per heavy atom. The molecule has 0 radical (unpaired) electrons. The molecule has 4 bridgehead atoms. The van der Waals surface area contributed by atoms with Crippen LogP contribution in [0.15, 0.2) is 61.1 Å². The van der Waals surface area contributed by atoms with E-state index in [0.29, 0.717) is 94.0 Å². The van der Waals surface area contributed by atoms with Crippen molar-refractivity contribution >= 4 is 56.7 Å². The molecule has 0 unspecified atom stereocenters. The Hall–Kier alpha value is -5.40. The van der Waals surface area contributed by atoms with Gasteiger partial charge in [-0.1, -0.05) is 35.3 Å². The number of aromatic nitrogens is 4. The maximum absolute atomic E-state index is 14.4. The van der Waals surface area contributed by atoms with Crippen LogP contribution in [0.3, 0.4) is 0 Å². The zero-order chi connectivity index (χ0) is 49.4. The van der Waals surface area contributed by atoms with Crippen molar-refractivity contribution in [2.24, 2.45) is 0 Å². The Morgan fingerprint density at radius 2 is 1.65 bits per heavy atom. The van der Waals surface area contributed by atoms with E-state index in [1.807, 2.05) is 19.9 Å². The zero-order valence-electron chi connectivity index (χ0n) is 40.3. The third kappa shape index (κ3) is 10.5. The molecule has 0 amide bonds.